The van der Waals surface area contributed by atoms with Crippen LogP contribution in [0.25, 0.3) is 0 Å². The molecule has 0 atom stereocenters. The summed E-state index contributed by atoms with van der Waals surface area (Å²) < 4.78 is 25.7. The van der Waals surface area contributed by atoms with E-state index in [2.05, 4.69) is 15.9 Å². The van der Waals surface area contributed by atoms with E-state index < -0.39 is 10.0 Å². The molecule has 0 heterocycles. The van der Waals surface area contributed by atoms with Gasteiger partial charge in [-0.3, -0.25) is 0 Å². The quantitative estimate of drug-likeness (QED) is 0.920. The number of aliphatic hydroxyl groups is 1. The first-order valence-electron chi connectivity index (χ1n) is 4.63. The summed E-state index contributed by atoms with van der Waals surface area (Å²) in [6.45, 7) is 1.61. The summed E-state index contributed by atoms with van der Waals surface area (Å²) in [5, 5.41) is 9.06. The Morgan fingerprint density at radius 2 is 1.94 bits per heavy atom. The van der Waals surface area contributed by atoms with Crippen LogP contribution in [0.5, 0.6) is 0 Å². The van der Waals surface area contributed by atoms with Gasteiger partial charge in [-0.15, -0.1) is 0 Å². The average Bonchev–Trinajstić information content (AvgIpc) is 2.21. The Balaban J connectivity index is 3.51. The number of rotatable bonds is 3. The number of aliphatic hydroxyl groups excluding tert-OH is 1. The van der Waals surface area contributed by atoms with Crippen LogP contribution in [0.1, 0.15) is 11.1 Å². The molecule has 90 valence electrons. The van der Waals surface area contributed by atoms with Crippen molar-refractivity contribution in [3.8, 4) is 0 Å². The molecule has 0 spiro atoms. The SMILES string of the molecule is Cc1cc(CO)cc(S(=O)(=O)N(C)C)c1Br. The standard InChI is InChI=1S/C10H14BrNO3S/c1-7-4-8(6-13)5-9(10(7)11)16(14,15)12(2)3/h4-5,13H,6H2,1-3H3. The third-order valence-electron chi connectivity index (χ3n) is 2.22. The van der Waals surface area contributed by atoms with Gasteiger partial charge in [-0.25, -0.2) is 12.7 Å². The molecule has 1 N–H and O–H groups in total. The molecule has 4 nitrogen and oxygen atoms in total. The zero-order chi connectivity index (χ0) is 12.5. The van der Waals surface area contributed by atoms with Gasteiger partial charge in [-0.05, 0) is 40.0 Å². The largest absolute Gasteiger partial charge is 0.392 e. The molecule has 1 aromatic carbocycles. The second-order valence-corrected chi connectivity index (χ2v) is 6.58. The van der Waals surface area contributed by atoms with E-state index in [4.69, 9.17) is 5.11 Å². The van der Waals surface area contributed by atoms with E-state index in [1.54, 1.807) is 13.0 Å². The highest BCUT2D eigenvalue weighted by atomic mass is 79.9. The number of hydrogen-bond donors (Lipinski definition) is 1. The highest BCUT2D eigenvalue weighted by molar-refractivity contribution is 9.10. The molecule has 0 aliphatic rings. The van der Waals surface area contributed by atoms with E-state index in [1.807, 2.05) is 0 Å². The molecule has 6 heteroatoms. The van der Waals surface area contributed by atoms with Gasteiger partial charge in [0.15, 0.2) is 0 Å². The number of benzene rings is 1. The Morgan fingerprint density at radius 1 is 1.38 bits per heavy atom. The van der Waals surface area contributed by atoms with Gasteiger partial charge in [-0.2, -0.15) is 0 Å². The lowest BCUT2D eigenvalue weighted by molar-refractivity contribution is 0.281. The van der Waals surface area contributed by atoms with E-state index in [0.29, 0.717) is 10.0 Å². The molecule has 0 fully saturated rings. The molecule has 0 unspecified atom stereocenters. The van der Waals surface area contributed by atoms with Crippen LogP contribution in [0.15, 0.2) is 21.5 Å². The van der Waals surface area contributed by atoms with Gasteiger partial charge >= 0.3 is 0 Å². The van der Waals surface area contributed by atoms with E-state index >= 15 is 0 Å². The predicted octanol–water partition coefficient (Wildman–Crippen LogP) is 1.50. The molecule has 0 bridgehead atoms. The van der Waals surface area contributed by atoms with Gasteiger partial charge in [-0.1, -0.05) is 6.07 Å². The fourth-order valence-electron chi connectivity index (χ4n) is 1.28. The molecule has 0 aromatic heterocycles. The van der Waals surface area contributed by atoms with Crippen LogP contribution < -0.4 is 0 Å². The lowest BCUT2D eigenvalue weighted by Gasteiger charge is -2.15. The number of hydrogen-bond acceptors (Lipinski definition) is 3. The minimum atomic E-state index is -3.49. The van der Waals surface area contributed by atoms with Crippen LogP contribution in [0.4, 0.5) is 0 Å². The van der Waals surface area contributed by atoms with Crippen LogP contribution in [0.2, 0.25) is 0 Å². The maximum Gasteiger partial charge on any atom is 0.243 e. The van der Waals surface area contributed by atoms with Gasteiger partial charge in [0.05, 0.1) is 11.5 Å². The zero-order valence-electron chi connectivity index (χ0n) is 9.36. The average molecular weight is 308 g/mol. The molecule has 0 aliphatic heterocycles. The molecule has 16 heavy (non-hydrogen) atoms. The molecule has 0 saturated heterocycles. The van der Waals surface area contributed by atoms with E-state index in [-0.39, 0.29) is 11.5 Å². The van der Waals surface area contributed by atoms with Crippen molar-refractivity contribution < 1.29 is 13.5 Å². The highest BCUT2D eigenvalue weighted by Gasteiger charge is 2.22. The summed E-state index contributed by atoms with van der Waals surface area (Å²) in [6.07, 6.45) is 0. The third-order valence-corrected chi connectivity index (χ3v) is 5.38. The molecule has 1 aromatic rings. The molecular formula is C10H14BrNO3S. The molecule has 0 aliphatic carbocycles. The maximum atomic E-state index is 12.0. The zero-order valence-corrected chi connectivity index (χ0v) is 11.8. The smallest absolute Gasteiger partial charge is 0.243 e. The molecule has 1 rings (SSSR count). The Bertz CT molecular complexity index is 497. The topological polar surface area (TPSA) is 57.6 Å². The van der Waals surface area contributed by atoms with Crippen molar-refractivity contribution in [2.24, 2.45) is 0 Å². The van der Waals surface area contributed by atoms with Crippen molar-refractivity contribution in [2.75, 3.05) is 14.1 Å². The van der Waals surface area contributed by atoms with Gasteiger partial charge in [0.1, 0.15) is 0 Å². The van der Waals surface area contributed by atoms with E-state index in [0.717, 1.165) is 9.87 Å². The minimum Gasteiger partial charge on any atom is -0.392 e. The second-order valence-electron chi connectivity index (χ2n) is 3.67. The first kappa shape index (κ1) is 13.6. The third kappa shape index (κ3) is 2.45. The van der Waals surface area contributed by atoms with Gasteiger partial charge in [0.25, 0.3) is 0 Å². The first-order chi connectivity index (χ1) is 7.30. The first-order valence-corrected chi connectivity index (χ1v) is 6.86. The molecule has 0 amide bonds. The van der Waals surface area contributed by atoms with Crippen molar-refractivity contribution in [2.45, 2.75) is 18.4 Å². The maximum absolute atomic E-state index is 12.0. The van der Waals surface area contributed by atoms with Gasteiger partial charge in [0.2, 0.25) is 10.0 Å². The van der Waals surface area contributed by atoms with Crippen molar-refractivity contribution >= 4 is 26.0 Å². The van der Waals surface area contributed by atoms with Gasteiger partial charge < -0.3 is 5.11 Å². The number of aryl methyl sites for hydroxylation is 1. The van der Waals surface area contributed by atoms with Crippen LogP contribution in [0.3, 0.4) is 0 Å². The van der Waals surface area contributed by atoms with Crippen molar-refractivity contribution in [1.82, 2.24) is 4.31 Å². The summed E-state index contributed by atoms with van der Waals surface area (Å²) in [7, 11) is -0.537. The Labute approximate surface area is 104 Å². The van der Waals surface area contributed by atoms with Crippen LogP contribution in [-0.4, -0.2) is 31.9 Å². The Morgan fingerprint density at radius 3 is 2.38 bits per heavy atom. The van der Waals surface area contributed by atoms with Crippen LogP contribution in [0, 0.1) is 6.92 Å². The van der Waals surface area contributed by atoms with Crippen molar-refractivity contribution in [3.05, 3.63) is 27.7 Å². The lowest BCUT2D eigenvalue weighted by atomic mass is 10.1. The molecule has 0 radical (unpaired) electrons. The summed E-state index contributed by atoms with van der Waals surface area (Å²) >= 11 is 3.26. The normalized spacial score (nSPS) is 12.1. The second kappa shape index (κ2) is 4.83. The van der Waals surface area contributed by atoms with E-state index in [9.17, 15) is 8.42 Å². The summed E-state index contributed by atoms with van der Waals surface area (Å²) in [5.74, 6) is 0. The summed E-state index contributed by atoms with van der Waals surface area (Å²) in [5.41, 5.74) is 1.37. The summed E-state index contributed by atoms with van der Waals surface area (Å²) in [6, 6.07) is 3.23. The summed E-state index contributed by atoms with van der Waals surface area (Å²) in [4.78, 5) is 0.182. The van der Waals surface area contributed by atoms with Crippen molar-refractivity contribution in [3.63, 3.8) is 0 Å². The van der Waals surface area contributed by atoms with E-state index in [1.165, 1.54) is 20.2 Å². The molecule has 0 saturated carbocycles. The van der Waals surface area contributed by atoms with Crippen molar-refractivity contribution in [1.29, 1.82) is 0 Å². The minimum absolute atomic E-state index is 0.177. The number of sulfonamides is 1. The predicted molar refractivity (Wildman–Crippen MR) is 65.7 cm³/mol. The molecular weight excluding hydrogens is 294 g/mol. The highest BCUT2D eigenvalue weighted by Crippen LogP contribution is 2.28. The Kier molecular flexibility index (Phi) is 4.12. The lowest BCUT2D eigenvalue weighted by Crippen LogP contribution is -2.23. The number of halogens is 1. The fourth-order valence-corrected chi connectivity index (χ4v) is 3.21. The van der Waals surface area contributed by atoms with Crippen LogP contribution in [-0.2, 0) is 16.6 Å². The fraction of sp³-hybridized carbons (Fsp3) is 0.400. The Hall–Kier alpha value is -0.430. The number of nitrogens with zero attached hydrogens (tertiary/aromatic N) is 1. The monoisotopic (exact) mass is 307 g/mol. The van der Waals surface area contributed by atoms with Gasteiger partial charge in [0, 0.05) is 18.6 Å². The van der Waals surface area contributed by atoms with Crippen LogP contribution >= 0.6 is 15.9 Å².